The molecule has 6 heteroatoms. The molecule has 3 rings (SSSR count). The maximum absolute atomic E-state index is 12.5. The molecule has 1 heterocycles. The lowest BCUT2D eigenvalue weighted by molar-refractivity contribution is 0.103. The Morgan fingerprint density at radius 3 is 2.62 bits per heavy atom. The highest BCUT2D eigenvalue weighted by Crippen LogP contribution is 2.31. The first-order valence-corrected chi connectivity index (χ1v) is 10.1. The van der Waals surface area contributed by atoms with Gasteiger partial charge in [0.25, 0.3) is 0 Å². The third kappa shape index (κ3) is 4.96. The molecule has 0 aliphatic heterocycles. The van der Waals surface area contributed by atoms with Crippen LogP contribution in [0, 0.1) is 0 Å². The van der Waals surface area contributed by atoms with E-state index in [2.05, 4.69) is 4.98 Å². The fourth-order valence-corrected chi connectivity index (χ4v) is 4.08. The summed E-state index contributed by atoms with van der Waals surface area (Å²) in [7, 11) is 0. The molecular formula is C18H17Cl2NOS2. The second-order valence-corrected chi connectivity index (χ2v) is 7.82. The minimum Gasteiger partial charge on any atom is -0.289 e. The number of halogens is 2. The Hall–Kier alpha value is -1.07. The summed E-state index contributed by atoms with van der Waals surface area (Å²) >= 11 is 15.4. The van der Waals surface area contributed by atoms with Gasteiger partial charge < -0.3 is 0 Å². The number of Topliss-reactive ketones (excluding diaryl/α,β-unsaturated/α-hetero) is 1. The molecule has 1 aromatic heterocycles. The van der Waals surface area contributed by atoms with E-state index in [4.69, 9.17) is 23.2 Å². The molecule has 24 heavy (non-hydrogen) atoms. The molecular weight excluding hydrogens is 381 g/mol. The first-order chi connectivity index (χ1) is 11.6. The Morgan fingerprint density at radius 2 is 2.00 bits per heavy atom. The molecule has 1 unspecified atom stereocenters. The Labute approximate surface area is 160 Å². The molecule has 0 radical (unpaired) electrons. The molecule has 2 nitrogen and oxygen atoms in total. The number of benzene rings is 1. The van der Waals surface area contributed by atoms with Gasteiger partial charge in [0.05, 0.1) is 5.38 Å². The van der Waals surface area contributed by atoms with Gasteiger partial charge in [0, 0.05) is 32.6 Å². The normalized spacial score (nSPS) is 16.6. The predicted molar refractivity (Wildman–Crippen MR) is 105 cm³/mol. The fourth-order valence-electron chi connectivity index (χ4n) is 2.03. The average molecular weight is 398 g/mol. The van der Waals surface area contributed by atoms with E-state index < -0.39 is 0 Å². The molecule has 1 aliphatic rings. The van der Waals surface area contributed by atoms with Crippen molar-refractivity contribution < 1.29 is 4.79 Å². The van der Waals surface area contributed by atoms with Gasteiger partial charge in [-0.1, -0.05) is 49.4 Å². The van der Waals surface area contributed by atoms with E-state index in [9.17, 15) is 4.79 Å². The van der Waals surface area contributed by atoms with Gasteiger partial charge in [0.15, 0.2) is 10.1 Å². The van der Waals surface area contributed by atoms with Gasteiger partial charge >= 0.3 is 0 Å². The first-order valence-electron chi connectivity index (χ1n) is 7.57. The van der Waals surface area contributed by atoms with Crippen molar-refractivity contribution in [2.75, 3.05) is 0 Å². The lowest BCUT2D eigenvalue weighted by Gasteiger charge is -2.13. The molecule has 0 bridgehead atoms. The van der Waals surface area contributed by atoms with Crippen LogP contribution in [0.1, 0.15) is 30.6 Å². The van der Waals surface area contributed by atoms with Crippen LogP contribution in [0.3, 0.4) is 0 Å². The van der Waals surface area contributed by atoms with Crippen molar-refractivity contribution in [3.8, 4) is 0 Å². The van der Waals surface area contributed by atoms with Crippen molar-refractivity contribution in [2.45, 2.75) is 34.9 Å². The van der Waals surface area contributed by atoms with Crippen LogP contribution in [-0.4, -0.2) is 16.1 Å². The summed E-state index contributed by atoms with van der Waals surface area (Å²) in [6, 6.07) is 7.44. The largest absolute Gasteiger partial charge is 0.289 e. The number of aromatic nitrogens is 1. The second-order valence-electron chi connectivity index (χ2n) is 4.64. The van der Waals surface area contributed by atoms with Gasteiger partial charge in [-0.3, -0.25) is 4.79 Å². The third-order valence-electron chi connectivity index (χ3n) is 3.10. The van der Waals surface area contributed by atoms with Crippen LogP contribution in [-0.2, 0) is 0 Å². The number of carbonyl (C=O) groups is 1. The van der Waals surface area contributed by atoms with E-state index in [1.165, 1.54) is 0 Å². The standard InChI is InChI=1S/C16H11Cl2NOS2.C2H6/c17-11-3-6-14(18)13(9-11)15(20)10-1-4-12(5-2-10)22-16-19-7-8-21-16;1-2/h1-2,4-9,11H,3H2;1-2H3. The summed E-state index contributed by atoms with van der Waals surface area (Å²) in [4.78, 5) is 17.8. The van der Waals surface area contributed by atoms with E-state index in [0.29, 0.717) is 22.6 Å². The van der Waals surface area contributed by atoms with Crippen LogP contribution in [0.5, 0.6) is 0 Å². The van der Waals surface area contributed by atoms with Gasteiger partial charge in [-0.2, -0.15) is 0 Å². The summed E-state index contributed by atoms with van der Waals surface area (Å²) in [6.07, 6.45) is 5.95. The number of nitrogens with zero attached hydrogens (tertiary/aromatic N) is 1. The molecule has 1 atom stereocenters. The fraction of sp³-hybridized carbons (Fsp3) is 0.222. The van der Waals surface area contributed by atoms with Crippen LogP contribution in [0.2, 0.25) is 0 Å². The molecule has 1 aromatic carbocycles. The second kappa shape index (κ2) is 9.42. The molecule has 0 amide bonds. The van der Waals surface area contributed by atoms with Gasteiger partial charge in [-0.25, -0.2) is 4.98 Å². The third-order valence-corrected chi connectivity index (χ3v) is 5.66. The Morgan fingerprint density at radius 1 is 1.29 bits per heavy atom. The maximum atomic E-state index is 12.5. The average Bonchev–Trinajstić information content (AvgIpc) is 3.12. The smallest absolute Gasteiger partial charge is 0.194 e. The molecule has 0 saturated heterocycles. The number of hydrogen-bond acceptors (Lipinski definition) is 4. The van der Waals surface area contributed by atoms with Crippen molar-refractivity contribution in [3.63, 3.8) is 0 Å². The zero-order valence-corrected chi connectivity index (χ0v) is 16.5. The SMILES string of the molecule is CC.O=C(C1=CC(Cl)CC=C1Cl)c1ccc(Sc2nccs2)cc1. The number of carbonyl (C=O) groups excluding carboxylic acids is 1. The Kier molecular flexibility index (Phi) is 7.56. The van der Waals surface area contributed by atoms with Gasteiger partial charge in [0.2, 0.25) is 0 Å². The summed E-state index contributed by atoms with van der Waals surface area (Å²) in [5.41, 5.74) is 1.08. The molecule has 0 spiro atoms. The maximum Gasteiger partial charge on any atom is 0.194 e. The molecule has 0 N–H and O–H groups in total. The number of thiazole rings is 1. The minimum atomic E-state index is -0.179. The summed E-state index contributed by atoms with van der Waals surface area (Å²) in [5, 5.41) is 2.23. The van der Waals surface area contributed by atoms with E-state index in [1.807, 2.05) is 31.4 Å². The topological polar surface area (TPSA) is 30.0 Å². The van der Waals surface area contributed by atoms with Gasteiger partial charge in [0.1, 0.15) is 0 Å². The van der Waals surface area contributed by atoms with Crippen LogP contribution in [0.4, 0.5) is 0 Å². The van der Waals surface area contributed by atoms with E-state index in [-0.39, 0.29) is 11.2 Å². The van der Waals surface area contributed by atoms with E-state index in [1.54, 1.807) is 53.6 Å². The van der Waals surface area contributed by atoms with Gasteiger partial charge in [-0.15, -0.1) is 22.9 Å². The molecule has 126 valence electrons. The van der Waals surface area contributed by atoms with Gasteiger partial charge in [-0.05, 0) is 30.7 Å². The molecule has 0 saturated carbocycles. The number of allylic oxidation sites excluding steroid dienone is 4. The highest BCUT2D eigenvalue weighted by Gasteiger charge is 2.20. The molecule has 2 aromatic rings. The molecule has 0 fully saturated rings. The van der Waals surface area contributed by atoms with Crippen molar-refractivity contribution in [1.82, 2.24) is 4.98 Å². The predicted octanol–water partition coefficient (Wildman–Crippen LogP) is 6.56. The van der Waals surface area contributed by atoms with Crippen molar-refractivity contribution in [2.24, 2.45) is 0 Å². The summed E-state index contributed by atoms with van der Waals surface area (Å²) in [5.74, 6) is -0.0996. The quantitative estimate of drug-likeness (QED) is 0.431. The highest BCUT2D eigenvalue weighted by molar-refractivity contribution is 8.01. The summed E-state index contributed by atoms with van der Waals surface area (Å²) in [6.45, 7) is 4.00. The molecule has 1 aliphatic carbocycles. The number of rotatable bonds is 4. The minimum absolute atomic E-state index is 0.0996. The number of hydrogen-bond donors (Lipinski definition) is 0. The number of ketones is 1. The monoisotopic (exact) mass is 397 g/mol. The lowest BCUT2D eigenvalue weighted by Crippen LogP contribution is -2.10. The lowest BCUT2D eigenvalue weighted by atomic mass is 9.98. The van der Waals surface area contributed by atoms with Crippen LogP contribution in [0.25, 0.3) is 0 Å². The van der Waals surface area contributed by atoms with E-state index in [0.717, 1.165) is 9.24 Å². The zero-order valence-electron chi connectivity index (χ0n) is 13.3. The summed E-state index contributed by atoms with van der Waals surface area (Å²) < 4.78 is 0.977. The first kappa shape index (κ1) is 19.3. The number of alkyl halides is 1. The van der Waals surface area contributed by atoms with Crippen molar-refractivity contribution in [3.05, 3.63) is 64.2 Å². The Balaban J connectivity index is 0.00000100. The Bertz CT molecular complexity index is 737. The van der Waals surface area contributed by atoms with Crippen LogP contribution in [0.15, 0.2) is 67.8 Å². The van der Waals surface area contributed by atoms with Crippen LogP contribution >= 0.6 is 46.3 Å². The van der Waals surface area contributed by atoms with Crippen molar-refractivity contribution in [1.29, 1.82) is 0 Å². The van der Waals surface area contributed by atoms with Crippen molar-refractivity contribution >= 4 is 52.1 Å². The van der Waals surface area contributed by atoms with Crippen LogP contribution < -0.4 is 0 Å². The zero-order chi connectivity index (χ0) is 17.5. The highest BCUT2D eigenvalue weighted by atomic mass is 35.5. The van der Waals surface area contributed by atoms with E-state index >= 15 is 0 Å².